The summed E-state index contributed by atoms with van der Waals surface area (Å²) in [7, 11) is 0. The number of carbonyl (C=O) groups excluding carboxylic acids is 2. The minimum absolute atomic E-state index is 0.00659. The maximum Gasteiger partial charge on any atom is 0.206 e. The highest BCUT2D eigenvalue weighted by Crippen LogP contribution is 2.19. The van der Waals surface area contributed by atoms with Gasteiger partial charge in [-0.05, 0) is 26.3 Å². The third-order valence-corrected chi connectivity index (χ3v) is 3.69. The van der Waals surface area contributed by atoms with Gasteiger partial charge in [-0.3, -0.25) is 9.59 Å². The van der Waals surface area contributed by atoms with Crippen molar-refractivity contribution in [2.75, 3.05) is 6.61 Å². The predicted molar refractivity (Wildman–Crippen MR) is 82.9 cm³/mol. The first-order valence-corrected chi connectivity index (χ1v) is 7.22. The Morgan fingerprint density at radius 2 is 1.91 bits per heavy atom. The molecule has 0 fully saturated rings. The summed E-state index contributed by atoms with van der Waals surface area (Å²) in [6, 6.07) is 9.88. The molecule has 0 spiro atoms. The van der Waals surface area contributed by atoms with Crippen molar-refractivity contribution in [2.45, 2.75) is 32.9 Å². The van der Waals surface area contributed by atoms with Crippen molar-refractivity contribution in [3.8, 4) is 0 Å². The highest BCUT2D eigenvalue weighted by atomic mass is 16.5. The van der Waals surface area contributed by atoms with Crippen molar-refractivity contribution in [1.29, 1.82) is 0 Å². The number of nitrogens with zero attached hydrogens (tertiary/aromatic N) is 2. The number of ether oxygens (including phenoxy) is 1. The summed E-state index contributed by atoms with van der Waals surface area (Å²) in [5.41, 5.74) is 1.57. The molecule has 0 radical (unpaired) electrons. The van der Waals surface area contributed by atoms with Crippen LogP contribution in [0, 0.1) is 0 Å². The van der Waals surface area contributed by atoms with E-state index in [2.05, 4.69) is 4.98 Å². The minimum atomic E-state index is -0.577. The molecule has 1 aromatic heterocycles. The highest BCUT2D eigenvalue weighted by Gasteiger charge is 2.18. The fourth-order valence-electron chi connectivity index (χ4n) is 2.11. The normalized spacial score (nSPS) is 13.6. The van der Waals surface area contributed by atoms with Gasteiger partial charge in [-0.2, -0.15) is 0 Å². The number of hydrogen-bond acceptors (Lipinski definition) is 4. The zero-order valence-electron chi connectivity index (χ0n) is 13.0. The molecule has 2 atom stereocenters. The molecule has 1 unspecified atom stereocenters. The summed E-state index contributed by atoms with van der Waals surface area (Å²) < 4.78 is 7.11. The van der Waals surface area contributed by atoms with Crippen molar-refractivity contribution in [2.24, 2.45) is 0 Å². The summed E-state index contributed by atoms with van der Waals surface area (Å²) in [5.74, 6) is -0.285. The molecule has 22 heavy (non-hydrogen) atoms. The molecule has 0 saturated heterocycles. The number of imidazole rings is 1. The van der Waals surface area contributed by atoms with Crippen LogP contribution in [0.2, 0.25) is 0 Å². The van der Waals surface area contributed by atoms with Crippen LogP contribution in [0.25, 0.3) is 0 Å². The largest absolute Gasteiger partial charge is 0.363 e. The standard InChI is InChI=1S/C17H20N2O3/c1-12(15-7-5-4-6-8-15)19-11-18-9-16(19)17(21)10-22-14(3)13(2)20/h4-9,11-12,14H,10H2,1-3H3/t12-,14?/m1/s1. The van der Waals surface area contributed by atoms with Crippen molar-refractivity contribution in [1.82, 2.24) is 9.55 Å². The summed E-state index contributed by atoms with van der Waals surface area (Å²) in [5, 5.41) is 0. The van der Waals surface area contributed by atoms with Crippen molar-refractivity contribution < 1.29 is 14.3 Å². The van der Waals surface area contributed by atoms with E-state index in [9.17, 15) is 9.59 Å². The van der Waals surface area contributed by atoms with E-state index in [1.54, 1.807) is 13.3 Å². The molecule has 0 saturated carbocycles. The second kappa shape index (κ2) is 7.13. The number of carbonyl (C=O) groups is 2. The lowest BCUT2D eigenvalue weighted by Crippen LogP contribution is -2.23. The number of benzene rings is 1. The molecule has 2 rings (SSSR count). The second-order valence-corrected chi connectivity index (χ2v) is 5.26. The zero-order chi connectivity index (χ0) is 16.1. The molecule has 1 heterocycles. The zero-order valence-corrected chi connectivity index (χ0v) is 13.0. The molecule has 2 aromatic rings. The molecule has 0 amide bonds. The quantitative estimate of drug-likeness (QED) is 0.738. The van der Waals surface area contributed by atoms with Gasteiger partial charge in [0.05, 0.1) is 18.6 Å². The van der Waals surface area contributed by atoms with Crippen LogP contribution in [-0.2, 0) is 9.53 Å². The molecular weight excluding hydrogens is 280 g/mol. The third kappa shape index (κ3) is 3.68. The topological polar surface area (TPSA) is 61.2 Å². The van der Waals surface area contributed by atoms with E-state index < -0.39 is 6.10 Å². The number of Topliss-reactive ketones (excluding diaryl/α,β-unsaturated/α-hetero) is 2. The van der Waals surface area contributed by atoms with Crippen LogP contribution in [0.15, 0.2) is 42.9 Å². The van der Waals surface area contributed by atoms with Crippen LogP contribution in [0.5, 0.6) is 0 Å². The Bertz CT molecular complexity index is 649. The Kier molecular flexibility index (Phi) is 5.22. The maximum absolute atomic E-state index is 12.3. The molecule has 0 aliphatic carbocycles. The van der Waals surface area contributed by atoms with E-state index in [4.69, 9.17) is 4.74 Å². The summed E-state index contributed by atoms with van der Waals surface area (Å²) in [6.07, 6.45) is 2.59. The Hall–Kier alpha value is -2.27. The number of hydrogen-bond donors (Lipinski definition) is 0. The fraction of sp³-hybridized carbons (Fsp3) is 0.353. The second-order valence-electron chi connectivity index (χ2n) is 5.26. The van der Waals surface area contributed by atoms with Gasteiger partial charge < -0.3 is 9.30 Å². The Morgan fingerprint density at radius 1 is 1.23 bits per heavy atom. The van der Waals surface area contributed by atoms with Crippen molar-refractivity contribution >= 4 is 11.6 Å². The van der Waals surface area contributed by atoms with Gasteiger partial charge in [0, 0.05) is 0 Å². The first kappa shape index (κ1) is 16.1. The molecule has 5 heteroatoms. The van der Waals surface area contributed by atoms with E-state index in [0.29, 0.717) is 5.69 Å². The van der Waals surface area contributed by atoms with Crippen LogP contribution < -0.4 is 0 Å². The smallest absolute Gasteiger partial charge is 0.206 e. The van der Waals surface area contributed by atoms with Gasteiger partial charge in [0.1, 0.15) is 18.4 Å². The van der Waals surface area contributed by atoms with Gasteiger partial charge in [-0.25, -0.2) is 4.98 Å². The monoisotopic (exact) mass is 300 g/mol. The predicted octanol–water partition coefficient (Wildman–Crippen LogP) is 2.67. The minimum Gasteiger partial charge on any atom is -0.363 e. The van der Waals surface area contributed by atoms with Crippen LogP contribution in [0.3, 0.4) is 0 Å². The number of rotatable bonds is 7. The molecule has 0 N–H and O–H groups in total. The van der Waals surface area contributed by atoms with Crippen molar-refractivity contribution in [3.05, 3.63) is 54.1 Å². The lowest BCUT2D eigenvalue weighted by Gasteiger charge is -2.17. The average molecular weight is 300 g/mol. The molecular formula is C17H20N2O3. The highest BCUT2D eigenvalue weighted by molar-refractivity contribution is 5.95. The first-order chi connectivity index (χ1) is 10.5. The Balaban J connectivity index is 2.12. The van der Waals surface area contributed by atoms with Gasteiger partial charge in [0.25, 0.3) is 0 Å². The van der Waals surface area contributed by atoms with Crippen LogP contribution in [0.1, 0.15) is 42.9 Å². The van der Waals surface area contributed by atoms with E-state index in [1.807, 2.05) is 41.8 Å². The van der Waals surface area contributed by atoms with Crippen LogP contribution in [0.4, 0.5) is 0 Å². The number of ketones is 2. The fourth-order valence-corrected chi connectivity index (χ4v) is 2.11. The maximum atomic E-state index is 12.3. The lowest BCUT2D eigenvalue weighted by atomic mass is 10.1. The van der Waals surface area contributed by atoms with Gasteiger partial charge >= 0.3 is 0 Å². The molecule has 5 nitrogen and oxygen atoms in total. The van der Waals surface area contributed by atoms with Crippen LogP contribution >= 0.6 is 0 Å². The van der Waals surface area contributed by atoms with Gasteiger partial charge in [-0.1, -0.05) is 30.3 Å². The average Bonchev–Trinajstić information content (AvgIpc) is 3.01. The van der Waals surface area contributed by atoms with Gasteiger partial charge in [0.2, 0.25) is 5.78 Å². The molecule has 116 valence electrons. The molecule has 0 bridgehead atoms. The van der Waals surface area contributed by atoms with Gasteiger partial charge in [-0.15, -0.1) is 0 Å². The lowest BCUT2D eigenvalue weighted by molar-refractivity contribution is -0.126. The third-order valence-electron chi connectivity index (χ3n) is 3.69. The first-order valence-electron chi connectivity index (χ1n) is 7.22. The van der Waals surface area contributed by atoms with Crippen LogP contribution in [-0.4, -0.2) is 33.8 Å². The summed E-state index contributed by atoms with van der Waals surface area (Å²) >= 11 is 0. The van der Waals surface area contributed by atoms with E-state index in [1.165, 1.54) is 13.1 Å². The Labute approximate surface area is 129 Å². The van der Waals surface area contributed by atoms with E-state index in [0.717, 1.165) is 5.56 Å². The van der Waals surface area contributed by atoms with E-state index >= 15 is 0 Å². The van der Waals surface area contributed by atoms with Crippen molar-refractivity contribution in [3.63, 3.8) is 0 Å². The molecule has 0 aliphatic heterocycles. The summed E-state index contributed by atoms with van der Waals surface area (Å²) in [4.78, 5) is 27.5. The molecule has 1 aromatic carbocycles. The SMILES string of the molecule is CC(=O)C(C)OCC(=O)c1cncn1[C@H](C)c1ccccc1. The molecule has 0 aliphatic rings. The van der Waals surface area contributed by atoms with E-state index in [-0.39, 0.29) is 24.2 Å². The Morgan fingerprint density at radius 3 is 2.55 bits per heavy atom. The van der Waals surface area contributed by atoms with Gasteiger partial charge in [0.15, 0.2) is 5.78 Å². The summed E-state index contributed by atoms with van der Waals surface area (Å²) in [6.45, 7) is 4.96. The number of aromatic nitrogens is 2.